The molecular weight excluding hydrogens is 392 g/mol. The highest BCUT2D eigenvalue weighted by Gasteiger charge is 2.38. The van der Waals surface area contributed by atoms with E-state index in [1.165, 1.54) is 30.5 Å². The first kappa shape index (κ1) is 19.4. The van der Waals surface area contributed by atoms with E-state index in [1.807, 2.05) is 24.3 Å². The first-order valence-corrected chi connectivity index (χ1v) is 10.8. The molecule has 29 heavy (non-hydrogen) atoms. The summed E-state index contributed by atoms with van der Waals surface area (Å²) in [7, 11) is -2.33. The molecule has 1 aromatic heterocycles. The van der Waals surface area contributed by atoms with Crippen LogP contribution in [0, 0.1) is 0 Å². The van der Waals surface area contributed by atoms with Gasteiger partial charge in [0.25, 0.3) is 0 Å². The summed E-state index contributed by atoms with van der Waals surface area (Å²) in [6.45, 7) is 1.77. The number of ether oxygens (including phenoxy) is 1. The molecule has 8 nitrogen and oxygen atoms in total. The lowest BCUT2D eigenvalue weighted by Crippen LogP contribution is -2.31. The van der Waals surface area contributed by atoms with Gasteiger partial charge in [-0.15, -0.1) is 0 Å². The van der Waals surface area contributed by atoms with Gasteiger partial charge in [0.05, 0.1) is 34.8 Å². The second-order valence-corrected chi connectivity index (χ2v) is 8.85. The minimum atomic E-state index is -3.79. The van der Waals surface area contributed by atoms with E-state index in [0.717, 1.165) is 17.5 Å². The number of sulfonamides is 1. The van der Waals surface area contributed by atoms with Crippen LogP contribution < -0.4 is 10.1 Å². The smallest absolute Gasteiger partial charge is 0.243 e. The molecule has 1 saturated heterocycles. The molecule has 1 fully saturated rings. The van der Waals surface area contributed by atoms with E-state index >= 15 is 0 Å². The van der Waals surface area contributed by atoms with E-state index in [4.69, 9.17) is 4.74 Å². The summed E-state index contributed by atoms with van der Waals surface area (Å²) in [5.74, 6) is 0.733. The fraction of sp³-hybridized carbons (Fsp3) is 0.300. The molecule has 9 heteroatoms. The van der Waals surface area contributed by atoms with Crippen molar-refractivity contribution < 1.29 is 17.9 Å². The minimum Gasteiger partial charge on any atom is -0.495 e. The summed E-state index contributed by atoms with van der Waals surface area (Å²) >= 11 is 0. The van der Waals surface area contributed by atoms with Crippen molar-refractivity contribution in [2.24, 2.45) is 0 Å². The van der Waals surface area contributed by atoms with Crippen molar-refractivity contribution in [2.75, 3.05) is 19.0 Å². The molecule has 2 N–H and O–H groups in total. The maximum absolute atomic E-state index is 13.4. The Kier molecular flexibility index (Phi) is 5.01. The van der Waals surface area contributed by atoms with E-state index in [1.54, 1.807) is 6.07 Å². The number of carbonyl (C=O) groups is 1. The van der Waals surface area contributed by atoms with Gasteiger partial charge in [0.1, 0.15) is 11.6 Å². The highest BCUT2D eigenvalue weighted by Crippen LogP contribution is 2.37. The van der Waals surface area contributed by atoms with Crippen LogP contribution in [0.1, 0.15) is 31.6 Å². The number of carbonyl (C=O) groups excluding carboxylic acids is 1. The molecule has 1 aliphatic heterocycles. The van der Waals surface area contributed by atoms with Crippen LogP contribution >= 0.6 is 0 Å². The molecular formula is C20H22N4O4S. The average molecular weight is 414 g/mol. The van der Waals surface area contributed by atoms with Gasteiger partial charge in [0.15, 0.2) is 0 Å². The first-order chi connectivity index (χ1) is 13.9. The Morgan fingerprint density at radius 2 is 2.07 bits per heavy atom. The number of para-hydroxylation sites is 2. The largest absolute Gasteiger partial charge is 0.495 e. The van der Waals surface area contributed by atoms with Gasteiger partial charge in [-0.3, -0.25) is 4.79 Å². The van der Waals surface area contributed by atoms with Gasteiger partial charge in [-0.1, -0.05) is 12.1 Å². The Balaban J connectivity index is 1.71. The number of anilines is 1. The Hall–Kier alpha value is -2.91. The minimum absolute atomic E-state index is 0.102. The molecule has 3 aromatic rings. The van der Waals surface area contributed by atoms with E-state index in [2.05, 4.69) is 15.3 Å². The van der Waals surface area contributed by atoms with Crippen LogP contribution in [0.25, 0.3) is 11.0 Å². The molecule has 1 atom stereocenters. The molecule has 0 saturated carbocycles. The summed E-state index contributed by atoms with van der Waals surface area (Å²) in [5, 5.41) is 2.62. The maximum atomic E-state index is 13.4. The van der Waals surface area contributed by atoms with Gasteiger partial charge in [0, 0.05) is 13.5 Å². The first-order valence-electron chi connectivity index (χ1n) is 9.32. The number of aromatic amines is 1. The van der Waals surface area contributed by atoms with E-state index in [9.17, 15) is 13.2 Å². The number of H-pyrrole nitrogens is 1. The van der Waals surface area contributed by atoms with Crippen molar-refractivity contribution in [1.29, 1.82) is 0 Å². The number of nitrogens with zero attached hydrogens (tertiary/aromatic N) is 2. The fourth-order valence-electron chi connectivity index (χ4n) is 3.70. The van der Waals surface area contributed by atoms with E-state index < -0.39 is 10.0 Å². The molecule has 4 rings (SSSR count). The third-order valence-electron chi connectivity index (χ3n) is 5.02. The lowest BCUT2D eigenvalue weighted by Gasteiger charge is -2.23. The van der Waals surface area contributed by atoms with Crippen LogP contribution in [0.3, 0.4) is 0 Å². The molecule has 0 bridgehead atoms. The predicted molar refractivity (Wildman–Crippen MR) is 109 cm³/mol. The van der Waals surface area contributed by atoms with Crippen LogP contribution in [0.4, 0.5) is 5.69 Å². The van der Waals surface area contributed by atoms with Gasteiger partial charge >= 0.3 is 0 Å². The lowest BCUT2D eigenvalue weighted by molar-refractivity contribution is -0.114. The molecule has 0 unspecified atom stereocenters. The molecule has 1 amide bonds. The van der Waals surface area contributed by atoms with Crippen LogP contribution in [0.5, 0.6) is 5.75 Å². The zero-order valence-corrected chi connectivity index (χ0v) is 17.0. The third kappa shape index (κ3) is 3.58. The van der Waals surface area contributed by atoms with Crippen molar-refractivity contribution in [3.05, 3.63) is 48.3 Å². The second kappa shape index (κ2) is 7.49. The van der Waals surface area contributed by atoms with E-state index in [0.29, 0.717) is 30.2 Å². The Bertz CT molecular complexity index is 1140. The summed E-state index contributed by atoms with van der Waals surface area (Å²) < 4.78 is 33.5. The van der Waals surface area contributed by atoms with Crippen LogP contribution in [-0.2, 0) is 14.8 Å². The van der Waals surface area contributed by atoms with Gasteiger partial charge < -0.3 is 15.0 Å². The van der Waals surface area contributed by atoms with E-state index in [-0.39, 0.29) is 16.8 Å². The molecule has 2 aromatic carbocycles. The Morgan fingerprint density at radius 3 is 2.79 bits per heavy atom. The van der Waals surface area contributed by atoms with Crippen LogP contribution in [0.2, 0.25) is 0 Å². The average Bonchev–Trinajstić information content (AvgIpc) is 3.34. The molecule has 0 radical (unpaired) electrons. The number of imidazole rings is 1. The summed E-state index contributed by atoms with van der Waals surface area (Å²) in [6, 6.07) is 11.7. The number of nitrogens with one attached hydrogen (secondary N) is 2. The number of fused-ring (bicyclic) bond motifs is 1. The monoisotopic (exact) mass is 414 g/mol. The van der Waals surface area contributed by atoms with Gasteiger partial charge in [-0.25, -0.2) is 13.4 Å². The van der Waals surface area contributed by atoms with Crippen molar-refractivity contribution in [2.45, 2.75) is 30.7 Å². The zero-order chi connectivity index (χ0) is 20.6. The van der Waals surface area contributed by atoms with Crippen molar-refractivity contribution in [3.8, 4) is 5.75 Å². The summed E-state index contributed by atoms with van der Waals surface area (Å²) in [5.41, 5.74) is 2.01. The number of hydrogen-bond acceptors (Lipinski definition) is 5. The van der Waals surface area contributed by atoms with Gasteiger partial charge in [0.2, 0.25) is 15.9 Å². The van der Waals surface area contributed by atoms with Crippen LogP contribution in [0.15, 0.2) is 47.4 Å². The number of rotatable bonds is 5. The third-order valence-corrected chi connectivity index (χ3v) is 6.92. The number of methoxy groups -OCH3 is 1. The normalized spacial score (nSPS) is 17.5. The molecule has 152 valence electrons. The molecule has 0 spiro atoms. The van der Waals surface area contributed by atoms with Crippen molar-refractivity contribution in [3.63, 3.8) is 0 Å². The predicted octanol–water partition coefficient (Wildman–Crippen LogP) is 3.06. The highest BCUT2D eigenvalue weighted by molar-refractivity contribution is 7.89. The SMILES string of the molecule is COc1ccc(S(=O)(=O)N2CCC[C@H]2c2nc3ccccc3[nH]2)cc1NC(C)=O. The quantitative estimate of drug-likeness (QED) is 0.668. The fourth-order valence-corrected chi connectivity index (χ4v) is 5.39. The van der Waals surface area contributed by atoms with Crippen molar-refractivity contribution >= 4 is 32.7 Å². The van der Waals surface area contributed by atoms with Gasteiger partial charge in [-0.2, -0.15) is 4.31 Å². The summed E-state index contributed by atoms with van der Waals surface area (Å²) in [6.07, 6.45) is 1.43. The standard InChI is InChI=1S/C20H22N4O4S/c1-13(25)21-17-12-14(9-10-19(17)28-2)29(26,27)24-11-5-8-18(24)20-22-15-6-3-4-7-16(15)23-20/h3-4,6-7,9-10,12,18H,5,8,11H2,1-2H3,(H,21,25)(H,22,23)/t18-/m0/s1. The number of hydrogen-bond donors (Lipinski definition) is 2. The van der Waals surface area contributed by atoms with Crippen LogP contribution in [-0.4, -0.2) is 42.3 Å². The Labute approximate surface area is 168 Å². The molecule has 0 aliphatic carbocycles. The Morgan fingerprint density at radius 1 is 1.28 bits per heavy atom. The molecule has 2 heterocycles. The zero-order valence-electron chi connectivity index (χ0n) is 16.2. The second-order valence-electron chi connectivity index (χ2n) is 6.96. The highest BCUT2D eigenvalue weighted by atomic mass is 32.2. The van der Waals surface area contributed by atoms with Crippen molar-refractivity contribution in [1.82, 2.24) is 14.3 Å². The number of aromatic nitrogens is 2. The van der Waals surface area contributed by atoms with Gasteiger partial charge in [-0.05, 0) is 43.2 Å². The maximum Gasteiger partial charge on any atom is 0.243 e. The summed E-state index contributed by atoms with van der Waals surface area (Å²) in [4.78, 5) is 19.4. The number of benzene rings is 2. The molecule has 1 aliphatic rings. The lowest BCUT2D eigenvalue weighted by atomic mass is 10.2. The number of amides is 1. The topological polar surface area (TPSA) is 104 Å².